The van der Waals surface area contributed by atoms with Crippen LogP contribution in [-0.2, 0) is 20.9 Å². The van der Waals surface area contributed by atoms with Crippen molar-refractivity contribution in [3.63, 3.8) is 0 Å². The number of rotatable bonds is 13. The van der Waals surface area contributed by atoms with Gasteiger partial charge in [-0.05, 0) is 63.1 Å². The maximum Gasteiger partial charge on any atom is 0.409 e. The van der Waals surface area contributed by atoms with Gasteiger partial charge in [-0.1, -0.05) is 91.0 Å². The summed E-state index contributed by atoms with van der Waals surface area (Å²) in [5, 5.41) is 6.39. The summed E-state index contributed by atoms with van der Waals surface area (Å²) < 4.78 is 10.9. The second-order valence-corrected chi connectivity index (χ2v) is 13.2. The molecule has 4 rings (SSSR count). The molecule has 0 unspecified atom stereocenters. The third kappa shape index (κ3) is 11.7. The lowest BCUT2D eigenvalue weighted by atomic mass is 9.90. The molecule has 2 N–H and O–H groups in total. The molecule has 1 saturated heterocycles. The van der Waals surface area contributed by atoms with E-state index in [2.05, 4.69) is 34.9 Å². The van der Waals surface area contributed by atoms with E-state index >= 15 is 0 Å². The Morgan fingerprint density at radius 3 is 2.13 bits per heavy atom. The summed E-state index contributed by atoms with van der Waals surface area (Å²) in [6.07, 6.45) is 1.89. The number of carbonyl (C=O) groups excluding carboxylic acids is 3. The molecule has 0 aromatic heterocycles. The van der Waals surface area contributed by atoms with E-state index in [1.807, 2.05) is 92.4 Å². The van der Waals surface area contributed by atoms with Crippen LogP contribution >= 0.6 is 0 Å². The number of nitrogens with zero attached hydrogens (tertiary/aromatic N) is 2. The highest BCUT2D eigenvalue weighted by molar-refractivity contribution is 5.82. The number of likely N-dealkylation sites (N-methyl/N-ethyl adjacent to an activating group) is 1. The predicted molar refractivity (Wildman–Crippen MR) is 184 cm³/mol. The van der Waals surface area contributed by atoms with Gasteiger partial charge < -0.3 is 29.9 Å². The minimum Gasteiger partial charge on any atom is -0.445 e. The van der Waals surface area contributed by atoms with E-state index in [0.717, 1.165) is 23.1 Å². The van der Waals surface area contributed by atoms with Gasteiger partial charge in [-0.25, -0.2) is 9.59 Å². The lowest BCUT2D eigenvalue weighted by molar-refractivity contribution is -0.133. The van der Waals surface area contributed by atoms with Crippen LogP contribution in [0.3, 0.4) is 0 Å². The summed E-state index contributed by atoms with van der Waals surface area (Å²) in [6.45, 7) is 7.68. The molecule has 9 heteroatoms. The molecule has 1 aliphatic rings. The van der Waals surface area contributed by atoms with E-state index in [4.69, 9.17) is 9.47 Å². The molecule has 0 saturated carbocycles. The highest BCUT2D eigenvalue weighted by atomic mass is 16.6. The minimum atomic E-state index is -0.558. The smallest absolute Gasteiger partial charge is 0.409 e. The number of alkyl carbamates (subject to hydrolysis) is 1. The summed E-state index contributed by atoms with van der Waals surface area (Å²) in [5.74, 6) is 0.0750. The van der Waals surface area contributed by atoms with Crippen LogP contribution in [0.15, 0.2) is 91.0 Å². The largest absolute Gasteiger partial charge is 0.445 e. The molecule has 0 aliphatic carbocycles. The Hall–Kier alpha value is -4.37. The lowest BCUT2D eigenvalue weighted by Crippen LogP contribution is -2.49. The molecular weight excluding hydrogens is 592 g/mol. The summed E-state index contributed by atoms with van der Waals surface area (Å²) in [7, 11) is 1.73. The third-order valence-corrected chi connectivity index (χ3v) is 8.20. The van der Waals surface area contributed by atoms with Crippen LogP contribution in [0.5, 0.6) is 0 Å². The molecule has 3 aromatic rings. The second-order valence-electron chi connectivity index (χ2n) is 13.2. The van der Waals surface area contributed by atoms with Gasteiger partial charge in [0.1, 0.15) is 12.2 Å². The Balaban J connectivity index is 1.43. The number of hydrogen-bond donors (Lipinski definition) is 2. The summed E-state index contributed by atoms with van der Waals surface area (Å²) in [5.41, 5.74) is 2.69. The zero-order valence-electron chi connectivity index (χ0n) is 28.2. The SMILES string of the molecule is CN(C[C@@H]1CCN(CC(c2ccccc2)c2ccccc2)C(=O)[C@H](CCCCNC(=O)OC(C)(C)C)N1)C(=O)OCc1ccccc1. The fourth-order valence-electron chi connectivity index (χ4n) is 5.82. The van der Waals surface area contributed by atoms with Crippen LogP contribution in [0.25, 0.3) is 0 Å². The van der Waals surface area contributed by atoms with E-state index in [0.29, 0.717) is 45.4 Å². The van der Waals surface area contributed by atoms with Gasteiger partial charge in [0.25, 0.3) is 0 Å². The highest BCUT2D eigenvalue weighted by Gasteiger charge is 2.33. The van der Waals surface area contributed by atoms with Gasteiger partial charge in [-0.15, -0.1) is 0 Å². The first-order valence-corrected chi connectivity index (χ1v) is 16.6. The van der Waals surface area contributed by atoms with Crippen molar-refractivity contribution in [2.75, 3.05) is 33.2 Å². The van der Waals surface area contributed by atoms with Crippen molar-refractivity contribution in [2.24, 2.45) is 0 Å². The van der Waals surface area contributed by atoms with Crippen LogP contribution in [0.4, 0.5) is 9.59 Å². The molecule has 1 aliphatic heterocycles. The molecule has 1 heterocycles. The Labute approximate surface area is 279 Å². The third-order valence-electron chi connectivity index (χ3n) is 8.20. The molecule has 3 aromatic carbocycles. The highest BCUT2D eigenvalue weighted by Crippen LogP contribution is 2.27. The number of benzene rings is 3. The van der Waals surface area contributed by atoms with E-state index in [1.165, 1.54) is 0 Å². The standard InChI is InChI=1S/C38H50N4O5/c1-38(2,3)47-36(44)39-24-15-14-22-34-35(43)42(27-33(30-18-10-6-11-19-30)31-20-12-7-13-21-31)25-23-32(40-34)26-41(4)37(45)46-28-29-16-8-5-9-17-29/h5-13,16-21,32-34,40H,14-15,22-28H2,1-4H3,(H,39,44)/t32-,34-/m0/s1. The molecule has 0 radical (unpaired) electrons. The van der Waals surface area contributed by atoms with Gasteiger partial charge in [-0.3, -0.25) is 4.79 Å². The molecule has 1 fully saturated rings. The molecule has 0 spiro atoms. The quantitative estimate of drug-likeness (QED) is 0.211. The number of unbranched alkanes of at least 4 members (excludes halogenated alkanes) is 1. The maximum absolute atomic E-state index is 14.2. The minimum absolute atomic E-state index is 0.0206. The molecular formula is C38H50N4O5. The van der Waals surface area contributed by atoms with Crippen LogP contribution in [0.2, 0.25) is 0 Å². The zero-order chi connectivity index (χ0) is 33.6. The maximum atomic E-state index is 14.2. The summed E-state index contributed by atoms with van der Waals surface area (Å²) in [6, 6.07) is 29.7. The van der Waals surface area contributed by atoms with Gasteiger partial charge in [0.2, 0.25) is 5.91 Å². The first kappa shape index (κ1) is 35.5. The molecule has 9 nitrogen and oxygen atoms in total. The number of amides is 3. The van der Waals surface area contributed by atoms with Crippen molar-refractivity contribution < 1.29 is 23.9 Å². The number of hydrogen-bond acceptors (Lipinski definition) is 6. The van der Waals surface area contributed by atoms with Gasteiger partial charge in [0, 0.05) is 45.2 Å². The molecule has 252 valence electrons. The van der Waals surface area contributed by atoms with E-state index in [-0.39, 0.29) is 24.5 Å². The molecule has 47 heavy (non-hydrogen) atoms. The fourth-order valence-corrected chi connectivity index (χ4v) is 5.82. The second kappa shape index (κ2) is 17.5. The van der Waals surface area contributed by atoms with Gasteiger partial charge >= 0.3 is 12.2 Å². The Morgan fingerprint density at radius 1 is 0.936 bits per heavy atom. The number of nitrogens with one attached hydrogen (secondary N) is 2. The predicted octanol–water partition coefficient (Wildman–Crippen LogP) is 6.34. The van der Waals surface area contributed by atoms with Gasteiger partial charge in [-0.2, -0.15) is 0 Å². The monoisotopic (exact) mass is 642 g/mol. The van der Waals surface area contributed by atoms with Crippen molar-refractivity contribution >= 4 is 18.1 Å². The fraction of sp³-hybridized carbons (Fsp3) is 0.447. The van der Waals surface area contributed by atoms with Crippen LogP contribution in [-0.4, -0.2) is 78.8 Å². The van der Waals surface area contributed by atoms with Crippen molar-refractivity contribution in [2.45, 2.75) is 76.7 Å². The molecule has 3 amide bonds. The first-order chi connectivity index (χ1) is 22.6. The number of ether oxygens (including phenoxy) is 2. The average Bonchev–Trinajstić information content (AvgIpc) is 3.20. The van der Waals surface area contributed by atoms with Crippen molar-refractivity contribution in [3.05, 3.63) is 108 Å². The van der Waals surface area contributed by atoms with Crippen LogP contribution < -0.4 is 10.6 Å². The van der Waals surface area contributed by atoms with Gasteiger partial charge in [0.15, 0.2) is 0 Å². The zero-order valence-corrected chi connectivity index (χ0v) is 28.2. The summed E-state index contributed by atoms with van der Waals surface area (Å²) in [4.78, 5) is 42.7. The van der Waals surface area contributed by atoms with E-state index in [1.54, 1.807) is 11.9 Å². The van der Waals surface area contributed by atoms with E-state index in [9.17, 15) is 14.4 Å². The number of carbonyl (C=O) groups is 3. The first-order valence-electron chi connectivity index (χ1n) is 16.6. The van der Waals surface area contributed by atoms with Crippen LogP contribution in [0, 0.1) is 0 Å². The van der Waals surface area contributed by atoms with Crippen molar-refractivity contribution in [1.82, 2.24) is 20.4 Å². The Kier molecular flexibility index (Phi) is 13.2. The normalized spacial score (nSPS) is 16.8. The molecule has 0 bridgehead atoms. The van der Waals surface area contributed by atoms with Gasteiger partial charge in [0.05, 0.1) is 6.04 Å². The summed E-state index contributed by atoms with van der Waals surface area (Å²) >= 11 is 0. The van der Waals surface area contributed by atoms with E-state index < -0.39 is 23.8 Å². The van der Waals surface area contributed by atoms with Crippen molar-refractivity contribution in [1.29, 1.82) is 0 Å². The Morgan fingerprint density at radius 2 is 1.53 bits per heavy atom. The molecule has 2 atom stereocenters. The Bertz CT molecular complexity index is 1360. The van der Waals surface area contributed by atoms with Crippen LogP contribution in [0.1, 0.15) is 69.1 Å². The topological polar surface area (TPSA) is 100 Å². The lowest BCUT2D eigenvalue weighted by Gasteiger charge is -2.29. The average molecular weight is 643 g/mol. The van der Waals surface area contributed by atoms with Crippen molar-refractivity contribution in [3.8, 4) is 0 Å².